The molecular weight excluding hydrogens is 213 g/mol. The number of hydrogen-bond donors (Lipinski definition) is 1. The van der Waals surface area contributed by atoms with Gasteiger partial charge >= 0.3 is 0 Å². The third-order valence-corrected chi connectivity index (χ3v) is 3.50. The van der Waals surface area contributed by atoms with Crippen LogP contribution in [0.2, 0.25) is 0 Å². The number of halogens is 2. The van der Waals surface area contributed by atoms with Crippen LogP contribution in [0.5, 0.6) is 0 Å². The molecule has 1 aliphatic carbocycles. The van der Waals surface area contributed by atoms with E-state index in [1.807, 2.05) is 0 Å². The number of amides is 1. The summed E-state index contributed by atoms with van der Waals surface area (Å²) in [5, 5.41) is 2.71. The summed E-state index contributed by atoms with van der Waals surface area (Å²) in [4.78, 5) is 11.1. The highest BCUT2D eigenvalue weighted by atomic mass is 79.9. The Balaban J connectivity index is 2.30. The molecule has 0 spiro atoms. The Morgan fingerprint density at radius 2 is 2.45 bits per heavy atom. The van der Waals surface area contributed by atoms with Gasteiger partial charge in [-0.25, -0.2) is 4.39 Å². The number of alkyl halides is 1. The monoisotopic (exact) mass is 219 g/mol. The van der Waals surface area contributed by atoms with Crippen molar-refractivity contribution in [3.8, 4) is 0 Å². The van der Waals surface area contributed by atoms with Gasteiger partial charge in [0.25, 0.3) is 0 Å². The molecule has 1 aliphatic heterocycles. The predicted molar refractivity (Wildman–Crippen MR) is 41.9 cm³/mol. The van der Waals surface area contributed by atoms with E-state index in [4.69, 9.17) is 0 Å². The fraction of sp³-hybridized carbons (Fsp3) is 0.571. The molecule has 1 heterocycles. The first-order chi connectivity index (χ1) is 5.24. The van der Waals surface area contributed by atoms with E-state index in [0.29, 0.717) is 18.3 Å². The van der Waals surface area contributed by atoms with Crippen molar-refractivity contribution in [2.75, 3.05) is 0 Å². The maximum Gasteiger partial charge on any atom is 0.225 e. The number of piperidine rings is 1. The standard InChI is InChI=1S/C7H7BrFNO/c8-5-4-1-3(2-9)6(5)10-7(4)11/h2,4-6H,1H2,(H,10,11)/b3-2+/t4-,5+,6+/m0/s1. The second-order valence-corrected chi connectivity index (χ2v) is 3.98. The van der Waals surface area contributed by atoms with Crippen molar-refractivity contribution in [3.63, 3.8) is 0 Å². The normalized spacial score (nSPS) is 45.1. The molecule has 2 nitrogen and oxygen atoms in total. The summed E-state index contributed by atoms with van der Waals surface area (Å²) in [5.41, 5.74) is 0.705. The zero-order chi connectivity index (χ0) is 8.01. The highest BCUT2D eigenvalue weighted by Crippen LogP contribution is 2.40. The first kappa shape index (κ1) is 7.28. The molecule has 2 rings (SSSR count). The molecule has 1 saturated heterocycles. The van der Waals surface area contributed by atoms with Crippen LogP contribution < -0.4 is 5.32 Å². The fourth-order valence-electron chi connectivity index (χ4n) is 1.71. The smallest absolute Gasteiger partial charge is 0.225 e. The van der Waals surface area contributed by atoms with Crippen molar-refractivity contribution >= 4 is 21.8 Å². The van der Waals surface area contributed by atoms with Crippen LogP contribution in [0.3, 0.4) is 0 Å². The van der Waals surface area contributed by atoms with Crippen LogP contribution in [0, 0.1) is 5.92 Å². The minimum Gasteiger partial charge on any atom is -0.348 e. The molecule has 4 heteroatoms. The molecule has 2 aliphatic rings. The first-order valence-electron chi connectivity index (χ1n) is 3.47. The van der Waals surface area contributed by atoms with Gasteiger partial charge in [0.2, 0.25) is 5.91 Å². The number of carbonyl (C=O) groups excluding carboxylic acids is 1. The Hall–Kier alpha value is -0.380. The lowest BCUT2D eigenvalue weighted by Crippen LogP contribution is -2.32. The average Bonchev–Trinajstić information content (AvgIpc) is 2.43. The van der Waals surface area contributed by atoms with Gasteiger partial charge in [0.05, 0.1) is 23.1 Å². The fourth-order valence-corrected chi connectivity index (χ4v) is 2.61. The summed E-state index contributed by atoms with van der Waals surface area (Å²) in [5.74, 6) is -0.00975. The summed E-state index contributed by atoms with van der Waals surface area (Å²) in [6, 6.07) is -0.0995. The van der Waals surface area contributed by atoms with Crippen LogP contribution in [0.4, 0.5) is 4.39 Å². The molecule has 60 valence electrons. The van der Waals surface area contributed by atoms with Gasteiger partial charge < -0.3 is 5.32 Å². The van der Waals surface area contributed by atoms with Gasteiger partial charge in [0.1, 0.15) is 0 Å². The lowest BCUT2D eigenvalue weighted by atomic mass is 10.1. The van der Waals surface area contributed by atoms with Crippen LogP contribution in [-0.2, 0) is 4.79 Å². The maximum atomic E-state index is 12.1. The van der Waals surface area contributed by atoms with Gasteiger partial charge in [-0.15, -0.1) is 0 Å². The molecule has 2 fully saturated rings. The number of hydrogen-bond acceptors (Lipinski definition) is 1. The van der Waals surface area contributed by atoms with E-state index in [1.165, 1.54) is 0 Å². The predicted octanol–water partition coefficient (Wildman–Crippen LogP) is 1.12. The Morgan fingerprint density at radius 1 is 1.73 bits per heavy atom. The summed E-state index contributed by atoms with van der Waals surface area (Å²) in [6.07, 6.45) is 1.18. The van der Waals surface area contributed by atoms with Crippen molar-refractivity contribution in [2.45, 2.75) is 17.3 Å². The molecule has 0 aromatic rings. The summed E-state index contributed by atoms with van der Waals surface area (Å²) in [7, 11) is 0. The molecule has 0 aromatic carbocycles. The number of rotatable bonds is 0. The second-order valence-electron chi connectivity index (χ2n) is 2.93. The largest absolute Gasteiger partial charge is 0.348 e. The minimum absolute atomic E-state index is 0.0440. The van der Waals surface area contributed by atoms with Crippen molar-refractivity contribution in [3.05, 3.63) is 11.9 Å². The van der Waals surface area contributed by atoms with Crippen molar-refractivity contribution in [1.29, 1.82) is 0 Å². The van der Waals surface area contributed by atoms with Gasteiger partial charge in [0.15, 0.2) is 0 Å². The number of carbonyl (C=O) groups is 1. The van der Waals surface area contributed by atoms with E-state index in [-0.39, 0.29) is 22.7 Å². The molecule has 1 N–H and O–H groups in total. The van der Waals surface area contributed by atoms with Gasteiger partial charge in [-0.2, -0.15) is 0 Å². The van der Waals surface area contributed by atoms with E-state index in [9.17, 15) is 9.18 Å². The average molecular weight is 220 g/mol. The van der Waals surface area contributed by atoms with Gasteiger partial charge in [-0.1, -0.05) is 15.9 Å². The molecule has 0 aromatic heterocycles. The molecule has 11 heavy (non-hydrogen) atoms. The zero-order valence-electron chi connectivity index (χ0n) is 5.68. The molecule has 3 atom stereocenters. The highest BCUT2D eigenvalue weighted by Gasteiger charge is 2.49. The topological polar surface area (TPSA) is 29.1 Å². The van der Waals surface area contributed by atoms with Gasteiger partial charge in [-0.3, -0.25) is 4.79 Å². The van der Waals surface area contributed by atoms with Crippen LogP contribution in [-0.4, -0.2) is 16.8 Å². The number of fused-ring (bicyclic) bond motifs is 2. The summed E-state index contributed by atoms with van der Waals surface area (Å²) < 4.78 is 12.1. The minimum atomic E-state index is -0.0995. The molecule has 2 bridgehead atoms. The third-order valence-electron chi connectivity index (χ3n) is 2.33. The Kier molecular flexibility index (Phi) is 1.52. The van der Waals surface area contributed by atoms with Gasteiger partial charge in [-0.05, 0) is 12.0 Å². The van der Waals surface area contributed by atoms with Crippen molar-refractivity contribution in [2.24, 2.45) is 5.92 Å². The Bertz CT molecular complexity index is 241. The Labute approximate surface area is 72.0 Å². The van der Waals surface area contributed by atoms with E-state index < -0.39 is 0 Å². The van der Waals surface area contributed by atoms with Crippen LogP contribution in [0.15, 0.2) is 11.9 Å². The van der Waals surface area contributed by atoms with Gasteiger partial charge in [0, 0.05) is 0 Å². The lowest BCUT2D eigenvalue weighted by Gasteiger charge is -2.12. The van der Waals surface area contributed by atoms with Crippen molar-refractivity contribution < 1.29 is 9.18 Å². The summed E-state index contributed by atoms with van der Waals surface area (Å²) in [6.45, 7) is 0. The van der Waals surface area contributed by atoms with Crippen LogP contribution in [0.1, 0.15) is 6.42 Å². The maximum absolute atomic E-state index is 12.1. The first-order valence-corrected chi connectivity index (χ1v) is 4.39. The molecule has 1 amide bonds. The SMILES string of the molecule is O=C1N[C@@H]2/C(=C/F)C[C@H]1[C@H]2Br. The van der Waals surface area contributed by atoms with E-state index in [2.05, 4.69) is 21.2 Å². The molecule has 1 saturated carbocycles. The third kappa shape index (κ3) is 0.851. The number of nitrogens with one attached hydrogen (secondary N) is 1. The van der Waals surface area contributed by atoms with Crippen molar-refractivity contribution in [1.82, 2.24) is 5.32 Å². The van der Waals surface area contributed by atoms with Crippen LogP contribution in [0.25, 0.3) is 0 Å². The van der Waals surface area contributed by atoms with E-state index in [1.54, 1.807) is 0 Å². The van der Waals surface area contributed by atoms with Crippen LogP contribution >= 0.6 is 15.9 Å². The lowest BCUT2D eigenvalue weighted by molar-refractivity contribution is -0.122. The molecular formula is C7H7BrFNO. The Morgan fingerprint density at radius 3 is 2.82 bits per heavy atom. The quantitative estimate of drug-likeness (QED) is 0.609. The van der Waals surface area contributed by atoms with E-state index >= 15 is 0 Å². The zero-order valence-corrected chi connectivity index (χ0v) is 7.27. The second kappa shape index (κ2) is 2.30. The molecule has 0 unspecified atom stereocenters. The summed E-state index contributed by atoms with van der Waals surface area (Å²) >= 11 is 3.36. The van der Waals surface area contributed by atoms with E-state index in [0.717, 1.165) is 0 Å². The highest BCUT2D eigenvalue weighted by molar-refractivity contribution is 9.09. The molecule has 0 radical (unpaired) electrons.